The van der Waals surface area contributed by atoms with Gasteiger partial charge >= 0.3 is 0 Å². The van der Waals surface area contributed by atoms with Crippen LogP contribution in [0.1, 0.15) is 62.1 Å². The Bertz CT molecular complexity index is 1970. The van der Waals surface area contributed by atoms with E-state index in [0.29, 0.717) is 16.7 Å². The summed E-state index contributed by atoms with van der Waals surface area (Å²) in [5, 5.41) is 46.7. The number of rotatable bonds is 20. The van der Waals surface area contributed by atoms with E-state index in [0.717, 1.165) is 102 Å². The van der Waals surface area contributed by atoms with Gasteiger partial charge in [0.25, 0.3) is 0 Å². The fraction of sp³-hybridized carbons (Fsp3) is 0.244. The van der Waals surface area contributed by atoms with Crippen molar-refractivity contribution in [2.24, 2.45) is 5.10 Å². The quantitative estimate of drug-likeness (QED) is 0.0166. The second-order valence-corrected chi connectivity index (χ2v) is 13.5. The van der Waals surface area contributed by atoms with Crippen LogP contribution in [0.25, 0.3) is 10.2 Å². The normalized spacial score (nSPS) is 10.9. The number of aromatic nitrogens is 1. The van der Waals surface area contributed by atoms with Gasteiger partial charge in [0.2, 0.25) is 5.13 Å². The average molecular weight is 728 g/mol. The summed E-state index contributed by atoms with van der Waals surface area (Å²) in [4.78, 5) is 4.61. The third kappa shape index (κ3) is 12.0. The summed E-state index contributed by atoms with van der Waals surface area (Å²) in [6.45, 7) is 8.36. The third-order valence-electron chi connectivity index (χ3n) is 8.40. The van der Waals surface area contributed by atoms with Crippen molar-refractivity contribution in [3.05, 3.63) is 120 Å². The van der Waals surface area contributed by atoms with E-state index < -0.39 is 0 Å². The summed E-state index contributed by atoms with van der Waals surface area (Å²) in [6.07, 6.45) is 9.77. The van der Waals surface area contributed by atoms with Crippen LogP contribution in [-0.2, 0) is 0 Å². The van der Waals surface area contributed by atoms with Crippen LogP contribution >= 0.6 is 11.3 Å². The number of nitrogens with one attached hydrogen (secondary N) is 9. The van der Waals surface area contributed by atoms with Crippen LogP contribution < -0.4 is 32.0 Å². The largest absolute Gasteiger partial charge is 0.385 e. The van der Waals surface area contributed by atoms with Gasteiger partial charge in [-0.25, -0.2) is 4.98 Å². The highest BCUT2D eigenvalue weighted by molar-refractivity contribution is 7.22. The van der Waals surface area contributed by atoms with Gasteiger partial charge in [0.05, 0.1) is 16.4 Å². The molecule has 53 heavy (non-hydrogen) atoms. The van der Waals surface area contributed by atoms with Crippen LogP contribution in [0.4, 0.5) is 27.9 Å². The van der Waals surface area contributed by atoms with Crippen LogP contribution in [0.5, 0.6) is 0 Å². The van der Waals surface area contributed by atoms with Crippen molar-refractivity contribution in [1.29, 1.82) is 16.2 Å². The highest BCUT2D eigenvalue weighted by Gasteiger charge is 2.10. The minimum atomic E-state index is 0.254. The number of unbranched alkanes of at least 4 members (excludes halogenated alkanes) is 4. The summed E-state index contributed by atoms with van der Waals surface area (Å²) in [7, 11) is 0. The van der Waals surface area contributed by atoms with Gasteiger partial charge in [0.1, 0.15) is 17.5 Å². The first kappa shape index (κ1) is 38.2. The molecule has 0 aliphatic rings. The summed E-state index contributed by atoms with van der Waals surface area (Å²) >= 11 is 1.53. The SMILES string of the molecule is C=CC(=N)NCCCCCCNc1ccc(C(=N)Nc2ccc(NC(=N)c3ccc(NCCCC)cc3)cc2/C=N/Nc2nc3ccccc3s2)cc1. The zero-order valence-electron chi connectivity index (χ0n) is 30.2. The lowest BCUT2D eigenvalue weighted by Crippen LogP contribution is -2.21. The number of nitrogens with zero attached hydrogens (tertiary/aromatic N) is 2. The van der Waals surface area contributed by atoms with Gasteiger partial charge in [0.15, 0.2) is 0 Å². The lowest BCUT2D eigenvalue weighted by molar-refractivity contribution is 0.643. The molecule has 4 aromatic carbocycles. The van der Waals surface area contributed by atoms with E-state index in [9.17, 15) is 0 Å². The summed E-state index contributed by atoms with van der Waals surface area (Å²) in [5.74, 6) is 0.906. The Balaban J connectivity index is 1.21. The molecule has 9 N–H and O–H groups in total. The van der Waals surface area contributed by atoms with Crippen molar-refractivity contribution in [3.63, 3.8) is 0 Å². The molecule has 1 aromatic heterocycles. The Labute approximate surface area is 316 Å². The molecule has 12 heteroatoms. The number of thiazole rings is 1. The van der Waals surface area contributed by atoms with Crippen molar-refractivity contribution >= 4 is 73.2 Å². The van der Waals surface area contributed by atoms with E-state index in [-0.39, 0.29) is 11.7 Å². The Morgan fingerprint density at radius 2 is 1.36 bits per heavy atom. The second kappa shape index (κ2) is 20.1. The summed E-state index contributed by atoms with van der Waals surface area (Å²) in [5.41, 5.74) is 9.69. The predicted octanol–water partition coefficient (Wildman–Crippen LogP) is 9.55. The Morgan fingerprint density at radius 1 is 0.736 bits per heavy atom. The fourth-order valence-electron chi connectivity index (χ4n) is 5.41. The Kier molecular flexibility index (Phi) is 14.5. The molecule has 274 valence electrons. The first-order valence-electron chi connectivity index (χ1n) is 18.0. The highest BCUT2D eigenvalue weighted by Crippen LogP contribution is 2.26. The van der Waals surface area contributed by atoms with E-state index in [1.54, 1.807) is 6.21 Å². The number of fused-ring (bicyclic) bond motifs is 1. The van der Waals surface area contributed by atoms with Crippen LogP contribution in [0, 0.1) is 16.2 Å². The number of hydrogen-bond donors (Lipinski definition) is 9. The lowest BCUT2D eigenvalue weighted by atomic mass is 10.1. The number of para-hydroxylation sites is 1. The zero-order valence-corrected chi connectivity index (χ0v) is 31.0. The molecule has 0 unspecified atom stereocenters. The van der Waals surface area contributed by atoms with Crippen molar-refractivity contribution < 1.29 is 0 Å². The van der Waals surface area contributed by atoms with E-state index >= 15 is 0 Å². The molecule has 0 bridgehead atoms. The summed E-state index contributed by atoms with van der Waals surface area (Å²) < 4.78 is 1.07. The minimum Gasteiger partial charge on any atom is -0.385 e. The molecule has 0 aliphatic heterocycles. The fourth-order valence-corrected chi connectivity index (χ4v) is 6.23. The molecule has 0 saturated heterocycles. The monoisotopic (exact) mass is 727 g/mol. The van der Waals surface area contributed by atoms with Gasteiger partial charge in [-0.2, -0.15) is 5.10 Å². The van der Waals surface area contributed by atoms with Gasteiger partial charge in [-0.3, -0.25) is 21.7 Å². The van der Waals surface area contributed by atoms with Crippen molar-refractivity contribution in [1.82, 2.24) is 10.3 Å². The number of amidine groups is 3. The Hall–Kier alpha value is -6.01. The molecule has 0 radical (unpaired) electrons. The van der Waals surface area contributed by atoms with Crippen molar-refractivity contribution in [2.45, 2.75) is 45.4 Å². The molecule has 0 spiro atoms. The molecular formula is C41H49N11S. The second-order valence-electron chi connectivity index (χ2n) is 12.5. The molecule has 0 saturated carbocycles. The molecule has 0 fully saturated rings. The van der Waals surface area contributed by atoms with E-state index in [2.05, 4.69) is 55.6 Å². The van der Waals surface area contributed by atoms with Crippen molar-refractivity contribution in [3.8, 4) is 0 Å². The Morgan fingerprint density at radius 3 is 2.02 bits per heavy atom. The number of hydrogen-bond acceptors (Lipinski definition) is 9. The first-order chi connectivity index (χ1) is 25.9. The zero-order chi connectivity index (χ0) is 37.3. The topological polar surface area (TPSA) is 169 Å². The van der Waals surface area contributed by atoms with Crippen molar-refractivity contribution in [2.75, 3.05) is 46.3 Å². The molecule has 1 heterocycles. The maximum absolute atomic E-state index is 8.87. The predicted molar refractivity (Wildman–Crippen MR) is 227 cm³/mol. The number of hydrazone groups is 1. The van der Waals surface area contributed by atoms with E-state index in [1.807, 2.05) is 91.0 Å². The molecule has 0 aliphatic carbocycles. The lowest BCUT2D eigenvalue weighted by Gasteiger charge is -2.15. The van der Waals surface area contributed by atoms with Crippen LogP contribution in [0.3, 0.4) is 0 Å². The number of anilines is 5. The van der Waals surface area contributed by atoms with Gasteiger partial charge in [-0.1, -0.05) is 56.2 Å². The smallest absolute Gasteiger partial charge is 0.204 e. The maximum Gasteiger partial charge on any atom is 0.204 e. The molecule has 0 amide bonds. The van der Waals surface area contributed by atoms with Crippen LogP contribution in [0.15, 0.2) is 109 Å². The van der Waals surface area contributed by atoms with E-state index in [4.69, 9.17) is 16.2 Å². The standard InChI is InChI=1S/C41H49N11S/c1-3-5-24-45-32-18-14-29(15-19-32)39(43)49-34-22-23-35(31(27-34)28-48-52-41-51-36-12-8-9-13-37(36)53-41)50-40(44)30-16-20-33(21-17-30)46-25-10-6-7-11-26-47-38(42)4-2/h4,8-9,12-23,27-28,45-46H,2-3,5-7,10-11,24-26H2,1H3,(H2,42,47)(H2,43,49)(H2,44,50)(H,51,52)/b48-28+. The molecule has 5 aromatic rings. The molecular weight excluding hydrogens is 679 g/mol. The number of benzene rings is 4. The maximum atomic E-state index is 8.87. The van der Waals surface area contributed by atoms with E-state index in [1.165, 1.54) is 17.4 Å². The average Bonchev–Trinajstić information content (AvgIpc) is 3.60. The van der Waals surface area contributed by atoms with Gasteiger partial charge in [-0.05, 0) is 104 Å². The first-order valence-corrected chi connectivity index (χ1v) is 18.9. The highest BCUT2D eigenvalue weighted by atomic mass is 32.1. The molecule has 5 rings (SSSR count). The van der Waals surface area contributed by atoms with Crippen LogP contribution in [0.2, 0.25) is 0 Å². The van der Waals surface area contributed by atoms with Gasteiger partial charge < -0.3 is 26.6 Å². The molecule has 0 atom stereocenters. The van der Waals surface area contributed by atoms with Gasteiger partial charge in [-0.15, -0.1) is 0 Å². The molecule has 11 nitrogen and oxygen atoms in total. The summed E-state index contributed by atoms with van der Waals surface area (Å²) in [6, 6.07) is 29.4. The minimum absolute atomic E-state index is 0.254. The van der Waals surface area contributed by atoms with Crippen LogP contribution in [-0.4, -0.2) is 48.3 Å². The third-order valence-corrected chi connectivity index (χ3v) is 9.34. The van der Waals surface area contributed by atoms with Gasteiger partial charge in [0, 0.05) is 59.1 Å².